The van der Waals surface area contributed by atoms with E-state index in [2.05, 4.69) is 5.32 Å². The van der Waals surface area contributed by atoms with Crippen LogP contribution in [0, 0.1) is 22.6 Å². The van der Waals surface area contributed by atoms with Crippen LogP contribution in [0.2, 0.25) is 0 Å². The minimum atomic E-state index is -5.05. The number of allylic oxidation sites excluding steroid dienone is 2. The summed E-state index contributed by atoms with van der Waals surface area (Å²) in [6, 6.07) is 2.32. The van der Waals surface area contributed by atoms with Crippen LogP contribution in [0.4, 0.5) is 30.7 Å². The molecule has 1 aliphatic heterocycles. The molecule has 2 rings (SSSR count). The lowest BCUT2D eigenvalue weighted by atomic mass is 9.61. The van der Waals surface area contributed by atoms with Gasteiger partial charge in [0.05, 0.1) is 23.2 Å². The number of nitrogens with zero attached hydrogens (tertiary/aromatic N) is 1. The average molecular weight is 465 g/mol. The van der Waals surface area contributed by atoms with Gasteiger partial charge in [0.25, 0.3) is 0 Å². The number of carboxylic acid groups (broad SMARTS) is 1. The van der Waals surface area contributed by atoms with Crippen molar-refractivity contribution in [3.8, 4) is 6.07 Å². The summed E-state index contributed by atoms with van der Waals surface area (Å²) in [5, 5.41) is 24.6. The Morgan fingerprint density at radius 2 is 1.84 bits per heavy atom. The fourth-order valence-electron chi connectivity index (χ4n) is 4.17. The fraction of sp³-hybridized carbons (Fsp3) is 0.524. The van der Waals surface area contributed by atoms with Crippen LogP contribution in [-0.2, 0) is 11.0 Å². The molecule has 1 aliphatic rings. The van der Waals surface area contributed by atoms with E-state index in [0.29, 0.717) is 0 Å². The SMILES string of the molecule is CC1=C(C#N)C(c2ccc(F)cc2C(F)(F)F)C(C)(C(=O)[O-])C(CCCCC(F)(F)F)N1. The summed E-state index contributed by atoms with van der Waals surface area (Å²) in [4.78, 5) is 12.2. The molecule has 0 saturated heterocycles. The molecule has 32 heavy (non-hydrogen) atoms. The summed E-state index contributed by atoms with van der Waals surface area (Å²) in [7, 11) is 0. The van der Waals surface area contributed by atoms with Crippen molar-refractivity contribution in [1.82, 2.24) is 5.32 Å². The lowest BCUT2D eigenvalue weighted by Gasteiger charge is -2.49. The van der Waals surface area contributed by atoms with Gasteiger partial charge in [0.15, 0.2) is 0 Å². The first kappa shape index (κ1) is 25.5. The number of hydrogen-bond acceptors (Lipinski definition) is 4. The third kappa shape index (κ3) is 5.16. The van der Waals surface area contributed by atoms with Gasteiger partial charge in [-0.15, -0.1) is 0 Å². The standard InChI is InChI=1S/C21H21F7N2O2/c1-11-14(10-29)17(13-7-6-12(22)9-15(13)21(26,27)28)19(2,18(31)32)16(30-11)5-3-4-8-20(23,24)25/h6-7,9,16-17,30H,3-5,8H2,1-2H3,(H,31,32)/p-1. The molecule has 0 amide bonds. The zero-order valence-electron chi connectivity index (χ0n) is 17.1. The van der Waals surface area contributed by atoms with Crippen molar-refractivity contribution in [2.75, 3.05) is 0 Å². The highest BCUT2D eigenvalue weighted by molar-refractivity contribution is 5.77. The molecule has 4 nitrogen and oxygen atoms in total. The van der Waals surface area contributed by atoms with Gasteiger partial charge in [-0.25, -0.2) is 4.39 Å². The van der Waals surface area contributed by atoms with Crippen LogP contribution in [0.25, 0.3) is 0 Å². The van der Waals surface area contributed by atoms with Crippen LogP contribution in [-0.4, -0.2) is 18.2 Å². The van der Waals surface area contributed by atoms with Crippen LogP contribution in [0.15, 0.2) is 29.5 Å². The number of carbonyl (C=O) groups excluding carboxylic acids is 1. The maximum Gasteiger partial charge on any atom is 0.416 e. The second kappa shape index (κ2) is 9.00. The number of carboxylic acids is 1. The first-order chi connectivity index (χ1) is 14.6. The van der Waals surface area contributed by atoms with Crippen molar-refractivity contribution in [3.05, 3.63) is 46.4 Å². The topological polar surface area (TPSA) is 76.0 Å². The van der Waals surface area contributed by atoms with Gasteiger partial charge >= 0.3 is 12.4 Å². The number of unbranched alkanes of at least 4 members (excludes halogenated alkanes) is 1. The largest absolute Gasteiger partial charge is 0.549 e. The van der Waals surface area contributed by atoms with E-state index in [1.807, 2.05) is 0 Å². The molecule has 3 atom stereocenters. The highest BCUT2D eigenvalue weighted by Crippen LogP contribution is 2.51. The first-order valence-electron chi connectivity index (χ1n) is 9.65. The van der Waals surface area contributed by atoms with Gasteiger partial charge in [-0.05, 0) is 37.5 Å². The van der Waals surface area contributed by atoms with E-state index >= 15 is 0 Å². The summed E-state index contributed by atoms with van der Waals surface area (Å²) in [6.07, 6.45) is -11.1. The van der Waals surface area contributed by atoms with Gasteiger partial charge in [-0.1, -0.05) is 19.4 Å². The van der Waals surface area contributed by atoms with Crippen LogP contribution in [0.3, 0.4) is 0 Å². The van der Waals surface area contributed by atoms with E-state index in [-0.39, 0.29) is 36.6 Å². The van der Waals surface area contributed by atoms with Crippen LogP contribution in [0.1, 0.15) is 56.6 Å². The number of hydrogen-bond donors (Lipinski definition) is 1. The van der Waals surface area contributed by atoms with Gasteiger partial charge in [0.2, 0.25) is 0 Å². The van der Waals surface area contributed by atoms with Gasteiger partial charge in [-0.3, -0.25) is 0 Å². The minimum Gasteiger partial charge on any atom is -0.549 e. The molecule has 0 saturated carbocycles. The molecule has 0 radical (unpaired) electrons. The third-order valence-electron chi connectivity index (χ3n) is 5.80. The summed E-state index contributed by atoms with van der Waals surface area (Å²) in [6.45, 7) is 2.45. The Bertz CT molecular complexity index is 947. The van der Waals surface area contributed by atoms with E-state index in [4.69, 9.17) is 0 Å². The molecule has 1 aromatic rings. The highest BCUT2D eigenvalue weighted by Gasteiger charge is 2.51. The number of rotatable bonds is 6. The Kier molecular flexibility index (Phi) is 7.17. The second-order valence-corrected chi connectivity index (χ2v) is 7.94. The van der Waals surface area contributed by atoms with Gasteiger partial charge in [0, 0.05) is 29.5 Å². The highest BCUT2D eigenvalue weighted by atomic mass is 19.4. The van der Waals surface area contributed by atoms with E-state index in [9.17, 15) is 45.9 Å². The normalized spacial score (nSPS) is 24.1. The number of aliphatic carboxylic acids is 1. The third-order valence-corrected chi connectivity index (χ3v) is 5.80. The summed E-state index contributed by atoms with van der Waals surface area (Å²) >= 11 is 0. The van der Waals surface area contributed by atoms with E-state index in [0.717, 1.165) is 19.1 Å². The van der Waals surface area contributed by atoms with Crippen molar-refractivity contribution in [2.45, 2.75) is 63.8 Å². The molecule has 0 fully saturated rings. The molecule has 0 spiro atoms. The average Bonchev–Trinajstić information content (AvgIpc) is 2.65. The van der Waals surface area contributed by atoms with E-state index < -0.39 is 59.1 Å². The quantitative estimate of drug-likeness (QED) is 0.493. The predicted octanol–water partition coefficient (Wildman–Crippen LogP) is 4.58. The van der Waals surface area contributed by atoms with Crippen LogP contribution in [0.5, 0.6) is 0 Å². The number of halogens is 7. The number of nitriles is 1. The van der Waals surface area contributed by atoms with Crippen molar-refractivity contribution < 1.29 is 40.6 Å². The Balaban J connectivity index is 2.60. The van der Waals surface area contributed by atoms with Gasteiger partial charge in [0.1, 0.15) is 5.82 Å². The molecule has 176 valence electrons. The molecule has 0 bridgehead atoms. The Hall–Kier alpha value is -2.77. The zero-order chi connectivity index (χ0) is 24.5. The molecule has 11 heteroatoms. The van der Waals surface area contributed by atoms with Gasteiger partial charge < -0.3 is 15.2 Å². The smallest absolute Gasteiger partial charge is 0.416 e. The fourth-order valence-corrected chi connectivity index (χ4v) is 4.17. The molecule has 3 unspecified atom stereocenters. The first-order valence-corrected chi connectivity index (χ1v) is 9.65. The molecular formula is C21H20F7N2O2-. The molecule has 1 N–H and O–H groups in total. The summed E-state index contributed by atoms with van der Waals surface area (Å²) in [5.41, 5.74) is -4.41. The maximum absolute atomic E-state index is 13.7. The number of benzene rings is 1. The number of nitrogens with one attached hydrogen (secondary N) is 1. The second-order valence-electron chi connectivity index (χ2n) is 7.94. The molecule has 1 heterocycles. The number of carbonyl (C=O) groups is 1. The minimum absolute atomic E-state index is 0.0719. The Morgan fingerprint density at radius 3 is 2.34 bits per heavy atom. The van der Waals surface area contributed by atoms with Gasteiger partial charge in [-0.2, -0.15) is 31.6 Å². The van der Waals surface area contributed by atoms with E-state index in [1.165, 1.54) is 6.92 Å². The maximum atomic E-state index is 13.7. The van der Waals surface area contributed by atoms with Crippen LogP contribution < -0.4 is 10.4 Å². The van der Waals surface area contributed by atoms with Crippen molar-refractivity contribution in [1.29, 1.82) is 5.26 Å². The molecule has 0 aromatic heterocycles. The van der Waals surface area contributed by atoms with Crippen molar-refractivity contribution in [3.63, 3.8) is 0 Å². The van der Waals surface area contributed by atoms with Crippen molar-refractivity contribution >= 4 is 5.97 Å². The summed E-state index contributed by atoms with van der Waals surface area (Å²) < 4.78 is 91.9. The van der Waals surface area contributed by atoms with E-state index in [1.54, 1.807) is 6.07 Å². The Labute approximate surface area is 179 Å². The van der Waals surface area contributed by atoms with Crippen molar-refractivity contribution in [2.24, 2.45) is 5.41 Å². The lowest BCUT2D eigenvalue weighted by Crippen LogP contribution is -2.59. The monoisotopic (exact) mass is 465 g/mol. The molecule has 0 aliphatic carbocycles. The predicted molar refractivity (Wildman–Crippen MR) is 97.0 cm³/mol. The molecular weight excluding hydrogens is 445 g/mol. The number of alkyl halides is 6. The van der Waals surface area contributed by atoms with Crippen LogP contribution >= 0.6 is 0 Å². The Morgan fingerprint density at radius 1 is 1.22 bits per heavy atom. The molecule has 1 aromatic carbocycles. The lowest BCUT2D eigenvalue weighted by molar-refractivity contribution is -0.321. The zero-order valence-corrected chi connectivity index (χ0v) is 17.1. The summed E-state index contributed by atoms with van der Waals surface area (Å²) in [5.74, 6) is -4.65.